The maximum Gasteiger partial charge on any atom is 0.264 e. The van der Waals surface area contributed by atoms with Gasteiger partial charge in [-0.05, 0) is 73.0 Å². The number of rotatable bonds is 6. The Morgan fingerprint density at radius 2 is 1.72 bits per heavy atom. The molecule has 0 radical (unpaired) electrons. The number of hydrogen-bond donors (Lipinski definition) is 0. The van der Waals surface area contributed by atoms with E-state index in [9.17, 15) is 4.79 Å². The van der Waals surface area contributed by atoms with Crippen LogP contribution in [0.5, 0.6) is 5.75 Å². The third-order valence-electron chi connectivity index (χ3n) is 6.34. The van der Waals surface area contributed by atoms with Gasteiger partial charge < -0.3 is 9.64 Å². The number of carbonyl (C=O) groups excluding carboxylic acids is 1. The number of hydrogen-bond acceptors (Lipinski definition) is 4. The van der Waals surface area contributed by atoms with Gasteiger partial charge >= 0.3 is 0 Å². The molecule has 5 heteroatoms. The molecule has 0 aliphatic carbocycles. The molecule has 1 amide bonds. The highest BCUT2D eigenvalue weighted by molar-refractivity contribution is 7.12. The van der Waals surface area contributed by atoms with Crippen LogP contribution in [0.3, 0.4) is 0 Å². The molecule has 3 aromatic rings. The second-order valence-corrected chi connectivity index (χ2v) is 9.72. The molecule has 1 saturated heterocycles. The van der Waals surface area contributed by atoms with E-state index in [1.165, 1.54) is 39.2 Å². The number of benzene rings is 2. The molecular formula is C27H32N2O2S. The van der Waals surface area contributed by atoms with Crippen molar-refractivity contribution in [3.05, 3.63) is 86.1 Å². The van der Waals surface area contributed by atoms with Crippen molar-refractivity contribution in [2.24, 2.45) is 0 Å². The van der Waals surface area contributed by atoms with Crippen LogP contribution in [0.2, 0.25) is 0 Å². The Kier molecular flexibility index (Phi) is 6.97. The van der Waals surface area contributed by atoms with Crippen LogP contribution in [-0.2, 0) is 13.2 Å². The molecule has 168 valence electrons. The van der Waals surface area contributed by atoms with Gasteiger partial charge in [-0.2, -0.15) is 0 Å². The van der Waals surface area contributed by atoms with Crippen LogP contribution in [0.1, 0.15) is 43.1 Å². The number of ether oxygens (including phenoxy) is 1. The lowest BCUT2D eigenvalue weighted by Gasteiger charge is -2.34. The van der Waals surface area contributed by atoms with Gasteiger partial charge in [0.15, 0.2) is 0 Å². The van der Waals surface area contributed by atoms with E-state index < -0.39 is 0 Å². The number of amides is 1. The SMILES string of the molecule is Cc1cc(C)c(C)c(OCc2csc(C(=O)N3CCN(Cc4ccccc4C)CC3)c2)c1. The first-order chi connectivity index (χ1) is 15.4. The molecule has 1 aliphatic heterocycles. The Bertz CT molecular complexity index is 1100. The summed E-state index contributed by atoms with van der Waals surface area (Å²) in [6.07, 6.45) is 0. The van der Waals surface area contributed by atoms with E-state index in [-0.39, 0.29) is 5.91 Å². The van der Waals surface area contributed by atoms with Gasteiger partial charge in [0.25, 0.3) is 5.91 Å². The fourth-order valence-corrected chi connectivity index (χ4v) is 5.03. The van der Waals surface area contributed by atoms with Crippen LogP contribution in [0.15, 0.2) is 47.8 Å². The summed E-state index contributed by atoms with van der Waals surface area (Å²) in [6, 6.07) is 14.8. The van der Waals surface area contributed by atoms with Gasteiger partial charge in [0.1, 0.15) is 12.4 Å². The molecule has 32 heavy (non-hydrogen) atoms. The fourth-order valence-electron chi connectivity index (χ4n) is 4.17. The molecule has 0 atom stereocenters. The molecule has 1 fully saturated rings. The average Bonchev–Trinajstić information content (AvgIpc) is 3.26. The van der Waals surface area contributed by atoms with E-state index in [0.29, 0.717) is 6.61 Å². The van der Waals surface area contributed by atoms with Gasteiger partial charge in [0.2, 0.25) is 0 Å². The lowest BCUT2D eigenvalue weighted by molar-refractivity contribution is 0.0633. The minimum absolute atomic E-state index is 0.138. The third kappa shape index (κ3) is 5.22. The lowest BCUT2D eigenvalue weighted by atomic mass is 10.1. The van der Waals surface area contributed by atoms with Crippen molar-refractivity contribution in [1.82, 2.24) is 9.80 Å². The van der Waals surface area contributed by atoms with Crippen molar-refractivity contribution in [2.75, 3.05) is 26.2 Å². The zero-order valence-corrected chi connectivity index (χ0v) is 20.3. The summed E-state index contributed by atoms with van der Waals surface area (Å²) in [5, 5.41) is 2.04. The first kappa shape index (κ1) is 22.6. The third-order valence-corrected chi connectivity index (χ3v) is 7.30. The van der Waals surface area contributed by atoms with Gasteiger partial charge in [-0.15, -0.1) is 11.3 Å². The zero-order valence-electron chi connectivity index (χ0n) is 19.5. The van der Waals surface area contributed by atoms with Crippen LogP contribution in [0, 0.1) is 27.7 Å². The van der Waals surface area contributed by atoms with Crippen LogP contribution in [-0.4, -0.2) is 41.9 Å². The summed E-state index contributed by atoms with van der Waals surface area (Å²) in [5.41, 5.74) is 7.36. The molecule has 2 heterocycles. The van der Waals surface area contributed by atoms with E-state index in [2.05, 4.69) is 69.0 Å². The Hall–Kier alpha value is -2.63. The van der Waals surface area contributed by atoms with Crippen molar-refractivity contribution in [3.8, 4) is 5.75 Å². The fraction of sp³-hybridized carbons (Fsp3) is 0.370. The normalized spacial score (nSPS) is 14.6. The smallest absolute Gasteiger partial charge is 0.264 e. The second kappa shape index (κ2) is 9.88. The predicted molar refractivity (Wildman–Crippen MR) is 132 cm³/mol. The second-order valence-electron chi connectivity index (χ2n) is 8.81. The maximum atomic E-state index is 13.0. The largest absolute Gasteiger partial charge is 0.489 e. The molecule has 2 aromatic carbocycles. The summed E-state index contributed by atoms with van der Waals surface area (Å²) in [7, 11) is 0. The molecule has 1 aliphatic rings. The monoisotopic (exact) mass is 448 g/mol. The first-order valence-electron chi connectivity index (χ1n) is 11.2. The van der Waals surface area contributed by atoms with Gasteiger partial charge in [-0.25, -0.2) is 0 Å². The summed E-state index contributed by atoms with van der Waals surface area (Å²) >= 11 is 1.52. The van der Waals surface area contributed by atoms with E-state index in [4.69, 9.17) is 4.74 Å². The average molecular weight is 449 g/mol. The molecular weight excluding hydrogens is 416 g/mol. The minimum atomic E-state index is 0.138. The Balaban J connectivity index is 1.31. The molecule has 0 unspecified atom stereocenters. The lowest BCUT2D eigenvalue weighted by Crippen LogP contribution is -2.48. The van der Waals surface area contributed by atoms with E-state index in [0.717, 1.165) is 48.9 Å². The van der Waals surface area contributed by atoms with Crippen LogP contribution >= 0.6 is 11.3 Å². The molecule has 4 rings (SSSR count). The Morgan fingerprint density at radius 3 is 2.47 bits per heavy atom. The molecule has 0 N–H and O–H groups in total. The molecule has 0 bridgehead atoms. The number of nitrogens with zero attached hydrogens (tertiary/aromatic N) is 2. The molecule has 0 saturated carbocycles. The van der Waals surface area contributed by atoms with Gasteiger partial charge in [0.05, 0.1) is 4.88 Å². The summed E-state index contributed by atoms with van der Waals surface area (Å²) in [4.78, 5) is 18.2. The van der Waals surface area contributed by atoms with Crippen molar-refractivity contribution in [3.63, 3.8) is 0 Å². The quantitative estimate of drug-likeness (QED) is 0.498. The highest BCUT2D eigenvalue weighted by Gasteiger charge is 2.23. The van der Waals surface area contributed by atoms with E-state index in [1.54, 1.807) is 0 Å². The summed E-state index contributed by atoms with van der Waals surface area (Å²) in [6.45, 7) is 13.2. The molecule has 0 spiro atoms. The van der Waals surface area contributed by atoms with Crippen molar-refractivity contribution in [1.29, 1.82) is 0 Å². The summed E-state index contributed by atoms with van der Waals surface area (Å²) in [5.74, 6) is 1.06. The van der Waals surface area contributed by atoms with Gasteiger partial charge in [-0.1, -0.05) is 30.3 Å². The highest BCUT2D eigenvalue weighted by Crippen LogP contribution is 2.25. The number of thiophene rings is 1. The Labute approximate surface area is 195 Å². The first-order valence-corrected chi connectivity index (χ1v) is 12.1. The van der Waals surface area contributed by atoms with Crippen molar-refractivity contribution in [2.45, 2.75) is 40.8 Å². The van der Waals surface area contributed by atoms with Gasteiger partial charge in [0, 0.05) is 38.3 Å². The van der Waals surface area contributed by atoms with Crippen LogP contribution in [0.4, 0.5) is 0 Å². The van der Waals surface area contributed by atoms with E-state index in [1.807, 2.05) is 16.3 Å². The number of piperazine rings is 1. The van der Waals surface area contributed by atoms with Crippen molar-refractivity contribution >= 4 is 17.2 Å². The number of carbonyl (C=O) groups is 1. The highest BCUT2D eigenvalue weighted by atomic mass is 32.1. The zero-order chi connectivity index (χ0) is 22.7. The standard InChI is InChI=1S/C27H32N2O2S/c1-19-13-21(3)22(4)25(14-19)31-17-23-15-26(32-18-23)27(30)29-11-9-28(10-12-29)16-24-8-6-5-7-20(24)2/h5-8,13-15,18H,9-12,16-17H2,1-4H3. The molecule has 1 aromatic heterocycles. The van der Waals surface area contributed by atoms with Crippen molar-refractivity contribution < 1.29 is 9.53 Å². The summed E-state index contributed by atoms with van der Waals surface area (Å²) < 4.78 is 6.08. The van der Waals surface area contributed by atoms with E-state index >= 15 is 0 Å². The predicted octanol–water partition coefficient (Wildman–Crippen LogP) is 5.52. The maximum absolute atomic E-state index is 13.0. The van der Waals surface area contributed by atoms with Crippen LogP contribution in [0.25, 0.3) is 0 Å². The Morgan fingerprint density at radius 1 is 0.969 bits per heavy atom. The minimum Gasteiger partial charge on any atom is -0.489 e. The number of aryl methyl sites for hydroxylation is 3. The molecule has 4 nitrogen and oxygen atoms in total. The topological polar surface area (TPSA) is 32.8 Å². The van der Waals surface area contributed by atoms with Crippen LogP contribution < -0.4 is 4.74 Å². The van der Waals surface area contributed by atoms with Gasteiger partial charge in [-0.3, -0.25) is 9.69 Å².